The van der Waals surface area contributed by atoms with Gasteiger partial charge in [-0.25, -0.2) is 0 Å². The minimum absolute atomic E-state index is 0.711. The predicted molar refractivity (Wildman–Crippen MR) is 89.1 cm³/mol. The molecule has 1 heterocycles. The molecule has 3 atom stereocenters. The molecule has 2 heteroatoms. The Kier molecular flexibility index (Phi) is 4.97. The Morgan fingerprint density at radius 1 is 1.19 bits per heavy atom. The highest BCUT2D eigenvalue weighted by molar-refractivity contribution is 5.29. The van der Waals surface area contributed by atoms with E-state index in [4.69, 9.17) is 5.73 Å². The maximum absolute atomic E-state index is 6.09. The van der Waals surface area contributed by atoms with Crippen molar-refractivity contribution in [3.63, 3.8) is 0 Å². The first kappa shape index (κ1) is 15.1. The van der Waals surface area contributed by atoms with Gasteiger partial charge < -0.3 is 5.73 Å². The lowest BCUT2D eigenvalue weighted by Crippen LogP contribution is -2.48. The van der Waals surface area contributed by atoms with Crippen LogP contribution in [0.1, 0.15) is 50.2 Å². The number of benzene rings is 1. The maximum atomic E-state index is 6.09. The van der Waals surface area contributed by atoms with E-state index in [1.165, 1.54) is 50.6 Å². The van der Waals surface area contributed by atoms with Gasteiger partial charge in [0.25, 0.3) is 0 Å². The molecule has 1 fully saturated rings. The molecule has 0 aromatic heterocycles. The Labute approximate surface area is 129 Å². The molecule has 0 saturated heterocycles. The lowest BCUT2D eigenvalue weighted by molar-refractivity contribution is 0.0686. The topological polar surface area (TPSA) is 29.3 Å². The highest BCUT2D eigenvalue weighted by Gasteiger charge is 2.34. The SMILES string of the molecule is CCCC1CCC(CN)C(N2CCc3ccccc3C2)C1. The third-order valence-electron chi connectivity index (χ3n) is 5.69. The van der Waals surface area contributed by atoms with Crippen molar-refractivity contribution in [2.75, 3.05) is 13.1 Å². The Hall–Kier alpha value is -0.860. The van der Waals surface area contributed by atoms with Gasteiger partial charge >= 0.3 is 0 Å². The van der Waals surface area contributed by atoms with Crippen LogP contribution >= 0.6 is 0 Å². The number of nitrogens with two attached hydrogens (primary N) is 1. The monoisotopic (exact) mass is 286 g/mol. The van der Waals surface area contributed by atoms with E-state index in [-0.39, 0.29) is 0 Å². The number of rotatable bonds is 4. The first-order valence-electron chi connectivity index (χ1n) is 8.82. The molecule has 1 saturated carbocycles. The average molecular weight is 286 g/mol. The van der Waals surface area contributed by atoms with Crippen molar-refractivity contribution in [1.29, 1.82) is 0 Å². The smallest absolute Gasteiger partial charge is 0.0239 e. The van der Waals surface area contributed by atoms with Crippen molar-refractivity contribution in [2.24, 2.45) is 17.6 Å². The number of nitrogens with zero attached hydrogens (tertiary/aromatic N) is 1. The third kappa shape index (κ3) is 3.32. The molecule has 1 aliphatic heterocycles. The minimum atomic E-state index is 0.711. The predicted octanol–water partition coefficient (Wildman–Crippen LogP) is 3.59. The highest BCUT2D eigenvalue weighted by Crippen LogP contribution is 2.36. The minimum Gasteiger partial charge on any atom is -0.330 e. The second-order valence-corrected chi connectivity index (χ2v) is 7.02. The van der Waals surface area contributed by atoms with E-state index in [1.54, 1.807) is 5.56 Å². The van der Waals surface area contributed by atoms with Gasteiger partial charge in [-0.15, -0.1) is 0 Å². The summed E-state index contributed by atoms with van der Waals surface area (Å²) in [5, 5.41) is 0. The van der Waals surface area contributed by atoms with Crippen molar-refractivity contribution < 1.29 is 0 Å². The zero-order valence-corrected chi connectivity index (χ0v) is 13.4. The van der Waals surface area contributed by atoms with Crippen LogP contribution in [-0.2, 0) is 13.0 Å². The van der Waals surface area contributed by atoms with Crippen molar-refractivity contribution in [1.82, 2.24) is 4.90 Å². The maximum Gasteiger partial charge on any atom is 0.0239 e. The molecule has 1 aromatic rings. The number of hydrogen-bond donors (Lipinski definition) is 1. The van der Waals surface area contributed by atoms with E-state index in [2.05, 4.69) is 36.1 Å². The van der Waals surface area contributed by atoms with E-state index in [0.29, 0.717) is 12.0 Å². The molecule has 2 nitrogen and oxygen atoms in total. The highest BCUT2D eigenvalue weighted by atomic mass is 15.2. The van der Waals surface area contributed by atoms with Crippen LogP contribution in [0.2, 0.25) is 0 Å². The molecule has 3 rings (SSSR count). The molecule has 2 N–H and O–H groups in total. The molecule has 0 radical (unpaired) electrons. The summed E-state index contributed by atoms with van der Waals surface area (Å²) in [5.41, 5.74) is 9.18. The normalized spacial score (nSPS) is 30.1. The summed E-state index contributed by atoms with van der Waals surface area (Å²) in [6.45, 7) is 5.54. The number of fused-ring (bicyclic) bond motifs is 1. The zero-order valence-electron chi connectivity index (χ0n) is 13.4. The largest absolute Gasteiger partial charge is 0.330 e. The molecule has 1 aliphatic carbocycles. The van der Waals surface area contributed by atoms with Crippen LogP contribution in [-0.4, -0.2) is 24.0 Å². The lowest BCUT2D eigenvalue weighted by atomic mass is 9.75. The standard InChI is InChI=1S/C19H30N2/c1-2-5-15-8-9-17(13-20)19(12-15)21-11-10-16-6-3-4-7-18(16)14-21/h3-4,6-7,15,17,19H,2,5,8-14,20H2,1H3. The number of hydrogen-bond acceptors (Lipinski definition) is 2. The second kappa shape index (κ2) is 6.93. The first-order valence-corrected chi connectivity index (χ1v) is 8.82. The van der Waals surface area contributed by atoms with Gasteiger partial charge in [0, 0.05) is 19.1 Å². The molecule has 0 bridgehead atoms. The van der Waals surface area contributed by atoms with Gasteiger partial charge in [-0.1, -0.05) is 50.5 Å². The van der Waals surface area contributed by atoms with Crippen molar-refractivity contribution in [3.05, 3.63) is 35.4 Å². The van der Waals surface area contributed by atoms with Crippen molar-refractivity contribution in [2.45, 2.75) is 58.0 Å². The average Bonchev–Trinajstić information content (AvgIpc) is 2.54. The summed E-state index contributed by atoms with van der Waals surface area (Å²) >= 11 is 0. The Morgan fingerprint density at radius 2 is 2.00 bits per heavy atom. The van der Waals surface area contributed by atoms with E-state index < -0.39 is 0 Å². The van der Waals surface area contributed by atoms with Gasteiger partial charge in [0.2, 0.25) is 0 Å². The molecule has 1 aromatic carbocycles. The van der Waals surface area contributed by atoms with Crippen LogP contribution in [0.15, 0.2) is 24.3 Å². The third-order valence-corrected chi connectivity index (χ3v) is 5.69. The first-order chi connectivity index (χ1) is 10.3. The zero-order chi connectivity index (χ0) is 14.7. The second-order valence-electron chi connectivity index (χ2n) is 7.02. The molecular weight excluding hydrogens is 256 g/mol. The van der Waals surface area contributed by atoms with Crippen molar-refractivity contribution >= 4 is 0 Å². The molecule has 3 unspecified atom stereocenters. The van der Waals surface area contributed by atoms with E-state index in [0.717, 1.165) is 19.0 Å². The molecule has 0 spiro atoms. The fraction of sp³-hybridized carbons (Fsp3) is 0.684. The van der Waals surface area contributed by atoms with Gasteiger partial charge in [-0.05, 0) is 48.8 Å². The van der Waals surface area contributed by atoms with Crippen LogP contribution < -0.4 is 5.73 Å². The molecular formula is C19H30N2. The fourth-order valence-electron chi connectivity index (χ4n) is 4.49. The van der Waals surface area contributed by atoms with Gasteiger partial charge in [-0.3, -0.25) is 4.90 Å². The quantitative estimate of drug-likeness (QED) is 0.916. The van der Waals surface area contributed by atoms with Crippen LogP contribution in [0, 0.1) is 11.8 Å². The van der Waals surface area contributed by atoms with Crippen molar-refractivity contribution in [3.8, 4) is 0 Å². The summed E-state index contributed by atoms with van der Waals surface area (Å²) in [6, 6.07) is 9.69. The summed E-state index contributed by atoms with van der Waals surface area (Å²) in [5.74, 6) is 1.64. The molecule has 21 heavy (non-hydrogen) atoms. The molecule has 116 valence electrons. The van der Waals surface area contributed by atoms with Crippen LogP contribution in [0.3, 0.4) is 0 Å². The van der Waals surface area contributed by atoms with Crippen LogP contribution in [0.5, 0.6) is 0 Å². The summed E-state index contributed by atoms with van der Waals surface area (Å²) in [7, 11) is 0. The van der Waals surface area contributed by atoms with E-state index in [1.807, 2.05) is 0 Å². The summed E-state index contributed by atoms with van der Waals surface area (Å²) in [6.07, 6.45) is 8.05. The summed E-state index contributed by atoms with van der Waals surface area (Å²) in [4.78, 5) is 2.74. The van der Waals surface area contributed by atoms with Crippen LogP contribution in [0.25, 0.3) is 0 Å². The Morgan fingerprint density at radius 3 is 2.76 bits per heavy atom. The van der Waals surface area contributed by atoms with Gasteiger partial charge in [-0.2, -0.15) is 0 Å². The van der Waals surface area contributed by atoms with Gasteiger partial charge in [0.15, 0.2) is 0 Å². The van der Waals surface area contributed by atoms with E-state index >= 15 is 0 Å². The Bertz CT molecular complexity index is 457. The van der Waals surface area contributed by atoms with E-state index in [9.17, 15) is 0 Å². The lowest BCUT2D eigenvalue weighted by Gasteiger charge is -2.44. The molecule has 2 aliphatic rings. The van der Waals surface area contributed by atoms with Gasteiger partial charge in [0.1, 0.15) is 0 Å². The fourth-order valence-corrected chi connectivity index (χ4v) is 4.49. The van der Waals surface area contributed by atoms with Gasteiger partial charge in [0.05, 0.1) is 0 Å². The Balaban J connectivity index is 1.71. The molecule has 0 amide bonds. The summed E-state index contributed by atoms with van der Waals surface area (Å²) < 4.78 is 0. The van der Waals surface area contributed by atoms with Crippen LogP contribution in [0.4, 0.5) is 0 Å².